The number of nitrogens with zero attached hydrogens (tertiary/aromatic N) is 1. The smallest absolute Gasteiger partial charge is 0.123 e. The first-order chi connectivity index (χ1) is 9.72. The van der Waals surface area contributed by atoms with Gasteiger partial charge in [0.15, 0.2) is 0 Å². The predicted molar refractivity (Wildman–Crippen MR) is 80.3 cm³/mol. The molecule has 1 N–H and O–H groups in total. The van der Waals surface area contributed by atoms with Gasteiger partial charge >= 0.3 is 0 Å². The van der Waals surface area contributed by atoms with E-state index in [2.05, 4.69) is 10.3 Å². The van der Waals surface area contributed by atoms with E-state index in [9.17, 15) is 4.39 Å². The van der Waals surface area contributed by atoms with Crippen LogP contribution in [0.1, 0.15) is 29.4 Å². The SMILES string of the molecule is Cc1cccc(CNC2CCSc3ccc(F)cc32)n1. The summed E-state index contributed by atoms with van der Waals surface area (Å²) in [6.07, 6.45) is 1.02. The molecule has 1 aromatic carbocycles. The maximum Gasteiger partial charge on any atom is 0.123 e. The molecule has 0 amide bonds. The van der Waals surface area contributed by atoms with Crippen molar-refractivity contribution in [3.63, 3.8) is 0 Å². The lowest BCUT2D eigenvalue weighted by Crippen LogP contribution is -2.24. The highest BCUT2D eigenvalue weighted by Gasteiger charge is 2.20. The quantitative estimate of drug-likeness (QED) is 0.928. The van der Waals surface area contributed by atoms with Crippen molar-refractivity contribution >= 4 is 11.8 Å². The van der Waals surface area contributed by atoms with E-state index < -0.39 is 0 Å². The van der Waals surface area contributed by atoms with Crippen LogP contribution in [0.3, 0.4) is 0 Å². The van der Waals surface area contributed by atoms with E-state index in [0.29, 0.717) is 6.54 Å². The molecule has 104 valence electrons. The zero-order chi connectivity index (χ0) is 13.9. The van der Waals surface area contributed by atoms with E-state index in [1.54, 1.807) is 17.8 Å². The summed E-state index contributed by atoms with van der Waals surface area (Å²) in [5, 5.41) is 3.51. The molecule has 2 aromatic rings. The number of nitrogens with one attached hydrogen (secondary N) is 1. The minimum absolute atomic E-state index is 0.160. The molecule has 1 aromatic heterocycles. The van der Waals surface area contributed by atoms with Crippen LogP contribution in [-0.4, -0.2) is 10.7 Å². The number of aromatic nitrogens is 1. The van der Waals surface area contributed by atoms with Gasteiger partial charge in [0.2, 0.25) is 0 Å². The van der Waals surface area contributed by atoms with E-state index in [1.807, 2.05) is 31.2 Å². The Morgan fingerprint density at radius 2 is 2.25 bits per heavy atom. The monoisotopic (exact) mass is 288 g/mol. The summed E-state index contributed by atoms with van der Waals surface area (Å²) in [5.41, 5.74) is 3.13. The van der Waals surface area contributed by atoms with Gasteiger partial charge in [-0.15, -0.1) is 11.8 Å². The van der Waals surface area contributed by atoms with Gasteiger partial charge in [0.1, 0.15) is 5.82 Å². The number of pyridine rings is 1. The van der Waals surface area contributed by atoms with Crippen LogP contribution in [0.15, 0.2) is 41.3 Å². The summed E-state index contributed by atoms with van der Waals surface area (Å²) in [6, 6.07) is 11.3. The van der Waals surface area contributed by atoms with Gasteiger partial charge in [-0.2, -0.15) is 0 Å². The van der Waals surface area contributed by atoms with Crippen LogP contribution in [0.4, 0.5) is 4.39 Å². The average molecular weight is 288 g/mol. The maximum absolute atomic E-state index is 13.4. The molecule has 1 aliphatic heterocycles. The standard InChI is InChI=1S/C16H17FN2S/c1-11-3-2-4-13(19-11)10-18-15-7-8-20-16-6-5-12(17)9-14(15)16/h2-6,9,15,18H,7-8,10H2,1H3. The zero-order valence-electron chi connectivity index (χ0n) is 11.4. The van der Waals surface area contributed by atoms with Crippen molar-refractivity contribution in [2.24, 2.45) is 0 Å². The number of fused-ring (bicyclic) bond motifs is 1. The second-order valence-corrected chi connectivity index (χ2v) is 6.16. The number of halogens is 1. The molecule has 0 fully saturated rings. The van der Waals surface area contributed by atoms with Crippen molar-refractivity contribution in [2.45, 2.75) is 30.8 Å². The van der Waals surface area contributed by atoms with E-state index in [0.717, 1.165) is 29.1 Å². The number of rotatable bonds is 3. The zero-order valence-corrected chi connectivity index (χ0v) is 12.2. The predicted octanol–water partition coefficient (Wildman–Crippen LogP) is 3.86. The second kappa shape index (κ2) is 5.94. The van der Waals surface area contributed by atoms with Gasteiger partial charge in [-0.05, 0) is 55.0 Å². The van der Waals surface area contributed by atoms with Crippen LogP contribution >= 0.6 is 11.8 Å². The maximum atomic E-state index is 13.4. The number of aryl methyl sites for hydroxylation is 1. The molecule has 4 heteroatoms. The summed E-state index contributed by atoms with van der Waals surface area (Å²) >= 11 is 1.80. The molecule has 1 unspecified atom stereocenters. The third-order valence-electron chi connectivity index (χ3n) is 3.49. The lowest BCUT2D eigenvalue weighted by molar-refractivity contribution is 0.500. The van der Waals surface area contributed by atoms with Gasteiger partial charge < -0.3 is 5.32 Å². The normalized spacial score (nSPS) is 17.8. The highest BCUT2D eigenvalue weighted by Crippen LogP contribution is 2.36. The van der Waals surface area contributed by atoms with E-state index in [1.165, 1.54) is 11.0 Å². The van der Waals surface area contributed by atoms with Crippen LogP contribution in [0.5, 0.6) is 0 Å². The second-order valence-electron chi connectivity index (χ2n) is 5.02. The van der Waals surface area contributed by atoms with Crippen LogP contribution in [0.25, 0.3) is 0 Å². The first-order valence-electron chi connectivity index (χ1n) is 6.80. The van der Waals surface area contributed by atoms with Crippen molar-refractivity contribution in [1.82, 2.24) is 10.3 Å². The molecule has 20 heavy (non-hydrogen) atoms. The Morgan fingerprint density at radius 1 is 1.35 bits per heavy atom. The van der Waals surface area contributed by atoms with Gasteiger partial charge in [0.25, 0.3) is 0 Å². The van der Waals surface area contributed by atoms with Crippen molar-refractivity contribution in [2.75, 3.05) is 5.75 Å². The largest absolute Gasteiger partial charge is 0.304 e. The summed E-state index contributed by atoms with van der Waals surface area (Å²) in [5.74, 6) is 0.907. The first kappa shape index (κ1) is 13.6. The van der Waals surface area contributed by atoms with Crippen LogP contribution < -0.4 is 5.32 Å². The molecule has 1 aliphatic rings. The Bertz CT molecular complexity index is 615. The fourth-order valence-electron chi connectivity index (χ4n) is 2.50. The molecule has 0 saturated carbocycles. The molecule has 1 atom stereocenters. The summed E-state index contributed by atoms with van der Waals surface area (Å²) in [6.45, 7) is 2.71. The molecule has 2 nitrogen and oxygen atoms in total. The molecule has 3 rings (SSSR count). The van der Waals surface area contributed by atoms with E-state index in [-0.39, 0.29) is 11.9 Å². The molecular weight excluding hydrogens is 271 g/mol. The number of benzene rings is 1. The molecule has 0 spiro atoms. The Hall–Kier alpha value is -1.39. The Labute approximate surface area is 122 Å². The molecule has 0 bridgehead atoms. The molecule has 0 aliphatic carbocycles. The molecule has 0 radical (unpaired) electrons. The minimum atomic E-state index is -0.160. The Kier molecular flexibility index (Phi) is 4.03. The summed E-state index contributed by atoms with van der Waals surface area (Å²) < 4.78 is 13.4. The first-order valence-corrected chi connectivity index (χ1v) is 7.79. The molecule has 2 heterocycles. The lowest BCUT2D eigenvalue weighted by Gasteiger charge is -2.26. The van der Waals surface area contributed by atoms with Crippen LogP contribution in [0.2, 0.25) is 0 Å². The van der Waals surface area contributed by atoms with E-state index in [4.69, 9.17) is 0 Å². The Morgan fingerprint density at radius 3 is 3.10 bits per heavy atom. The highest BCUT2D eigenvalue weighted by atomic mass is 32.2. The van der Waals surface area contributed by atoms with Gasteiger partial charge in [-0.1, -0.05) is 6.07 Å². The third-order valence-corrected chi connectivity index (χ3v) is 4.61. The Balaban J connectivity index is 1.75. The van der Waals surface area contributed by atoms with Crippen LogP contribution in [-0.2, 0) is 6.54 Å². The third kappa shape index (κ3) is 3.02. The van der Waals surface area contributed by atoms with Crippen molar-refractivity contribution in [1.29, 1.82) is 0 Å². The van der Waals surface area contributed by atoms with E-state index >= 15 is 0 Å². The van der Waals surface area contributed by atoms with Gasteiger partial charge in [0, 0.05) is 23.2 Å². The highest BCUT2D eigenvalue weighted by molar-refractivity contribution is 7.99. The van der Waals surface area contributed by atoms with Crippen LogP contribution in [0, 0.1) is 12.7 Å². The van der Waals surface area contributed by atoms with Gasteiger partial charge in [-0.25, -0.2) is 4.39 Å². The fraction of sp³-hybridized carbons (Fsp3) is 0.312. The lowest BCUT2D eigenvalue weighted by atomic mass is 10.0. The molecule has 0 saturated heterocycles. The van der Waals surface area contributed by atoms with Crippen molar-refractivity contribution < 1.29 is 4.39 Å². The topological polar surface area (TPSA) is 24.9 Å². The number of hydrogen-bond donors (Lipinski definition) is 1. The van der Waals surface area contributed by atoms with Crippen molar-refractivity contribution in [3.8, 4) is 0 Å². The number of thioether (sulfide) groups is 1. The van der Waals surface area contributed by atoms with Gasteiger partial charge in [0.05, 0.1) is 5.69 Å². The fourth-order valence-corrected chi connectivity index (χ4v) is 3.61. The summed E-state index contributed by atoms with van der Waals surface area (Å²) in [7, 11) is 0. The average Bonchev–Trinajstić information content (AvgIpc) is 2.45. The summed E-state index contributed by atoms with van der Waals surface area (Å²) in [4.78, 5) is 5.68. The number of hydrogen-bond acceptors (Lipinski definition) is 3. The molecular formula is C16H17FN2S. The van der Waals surface area contributed by atoms with Crippen molar-refractivity contribution in [3.05, 3.63) is 59.2 Å². The minimum Gasteiger partial charge on any atom is -0.304 e. The van der Waals surface area contributed by atoms with Gasteiger partial charge in [-0.3, -0.25) is 4.98 Å².